The first-order chi connectivity index (χ1) is 5.09. The lowest BCUT2D eigenvalue weighted by Gasteiger charge is -2.11. The molecule has 0 spiro atoms. The zero-order valence-corrected chi connectivity index (χ0v) is 6.49. The van der Waals surface area contributed by atoms with E-state index in [4.69, 9.17) is 9.47 Å². The Morgan fingerprint density at radius 1 is 1.73 bits per heavy atom. The molecule has 4 nitrogen and oxygen atoms in total. The van der Waals surface area contributed by atoms with Crippen molar-refractivity contribution in [1.29, 1.82) is 0 Å². The van der Waals surface area contributed by atoms with E-state index in [1.54, 1.807) is 6.92 Å². The van der Waals surface area contributed by atoms with Crippen LogP contribution in [0.25, 0.3) is 0 Å². The van der Waals surface area contributed by atoms with Gasteiger partial charge in [0.05, 0.1) is 6.42 Å². The fraction of sp³-hybridized carbons (Fsp3) is 0.714. The quantitative estimate of drug-likeness (QED) is 0.513. The molecule has 1 heterocycles. The number of esters is 2. The molecule has 1 aliphatic heterocycles. The van der Waals surface area contributed by atoms with Gasteiger partial charge in [-0.25, -0.2) is 0 Å². The van der Waals surface area contributed by atoms with Crippen molar-refractivity contribution < 1.29 is 19.1 Å². The number of cyclic esters (lactones) is 1. The Kier molecular flexibility index (Phi) is 2.12. The summed E-state index contributed by atoms with van der Waals surface area (Å²) in [5, 5.41) is 0. The van der Waals surface area contributed by atoms with Crippen LogP contribution in [0.5, 0.6) is 0 Å². The highest BCUT2D eigenvalue weighted by atomic mass is 16.6. The number of hydrogen-bond acceptors (Lipinski definition) is 4. The molecule has 1 rings (SSSR count). The summed E-state index contributed by atoms with van der Waals surface area (Å²) < 4.78 is 9.57. The molecular weight excluding hydrogens is 148 g/mol. The monoisotopic (exact) mass is 158 g/mol. The van der Waals surface area contributed by atoms with Crippen molar-refractivity contribution in [3.05, 3.63) is 0 Å². The molecule has 0 amide bonds. The van der Waals surface area contributed by atoms with Gasteiger partial charge in [-0.2, -0.15) is 0 Å². The van der Waals surface area contributed by atoms with Crippen LogP contribution < -0.4 is 0 Å². The van der Waals surface area contributed by atoms with Crippen molar-refractivity contribution in [2.75, 3.05) is 0 Å². The maximum absolute atomic E-state index is 10.6. The summed E-state index contributed by atoms with van der Waals surface area (Å²) in [6.45, 7) is 3.02. The van der Waals surface area contributed by atoms with E-state index in [-0.39, 0.29) is 30.6 Å². The molecule has 0 saturated carbocycles. The van der Waals surface area contributed by atoms with Crippen LogP contribution in [0.1, 0.15) is 20.3 Å². The largest absolute Gasteiger partial charge is 0.459 e. The van der Waals surface area contributed by atoms with Crippen molar-refractivity contribution >= 4 is 11.9 Å². The van der Waals surface area contributed by atoms with Gasteiger partial charge in [0.25, 0.3) is 0 Å². The van der Waals surface area contributed by atoms with Gasteiger partial charge in [-0.1, -0.05) is 0 Å². The molecule has 1 aliphatic rings. The first-order valence-corrected chi connectivity index (χ1v) is 3.46. The van der Waals surface area contributed by atoms with E-state index in [2.05, 4.69) is 0 Å². The number of carbonyl (C=O) groups is 2. The zero-order chi connectivity index (χ0) is 8.43. The van der Waals surface area contributed by atoms with Gasteiger partial charge in [0.1, 0.15) is 12.2 Å². The summed E-state index contributed by atoms with van der Waals surface area (Å²) in [6, 6.07) is 0. The highest BCUT2D eigenvalue weighted by molar-refractivity contribution is 5.74. The van der Waals surface area contributed by atoms with Crippen LogP contribution in [0.2, 0.25) is 0 Å². The van der Waals surface area contributed by atoms with Crippen LogP contribution in [0.4, 0.5) is 0 Å². The van der Waals surface area contributed by atoms with Crippen molar-refractivity contribution in [3.8, 4) is 0 Å². The van der Waals surface area contributed by atoms with Crippen LogP contribution in [-0.2, 0) is 19.1 Å². The van der Waals surface area contributed by atoms with Crippen LogP contribution in [0.15, 0.2) is 0 Å². The third-order valence-electron chi connectivity index (χ3n) is 1.53. The molecular formula is C7H10O4. The van der Waals surface area contributed by atoms with E-state index < -0.39 is 0 Å². The number of rotatable bonds is 1. The van der Waals surface area contributed by atoms with Gasteiger partial charge in [0.15, 0.2) is 0 Å². The van der Waals surface area contributed by atoms with Crippen molar-refractivity contribution in [2.24, 2.45) is 0 Å². The molecule has 11 heavy (non-hydrogen) atoms. The molecule has 62 valence electrons. The van der Waals surface area contributed by atoms with Crippen LogP contribution in [-0.4, -0.2) is 24.1 Å². The molecule has 0 aromatic heterocycles. The average Bonchev–Trinajstić information content (AvgIpc) is 2.09. The Balaban J connectivity index is 2.46. The predicted octanol–water partition coefficient (Wildman–Crippen LogP) is 0.253. The first kappa shape index (κ1) is 8.04. The Morgan fingerprint density at radius 2 is 2.36 bits per heavy atom. The SMILES string of the molecule is CC(=O)O[C@H]1CC(=O)O[C@@H]1C. The van der Waals surface area contributed by atoms with Gasteiger partial charge >= 0.3 is 11.9 Å². The minimum absolute atomic E-state index is 0.181. The molecule has 0 bridgehead atoms. The summed E-state index contributed by atoms with van der Waals surface area (Å²) in [5.41, 5.74) is 0. The lowest BCUT2D eigenvalue weighted by atomic mass is 10.2. The average molecular weight is 158 g/mol. The molecule has 0 aromatic carbocycles. The fourth-order valence-corrected chi connectivity index (χ4v) is 1.01. The van der Waals surface area contributed by atoms with Crippen LogP contribution >= 0.6 is 0 Å². The van der Waals surface area contributed by atoms with Crippen LogP contribution in [0, 0.1) is 0 Å². The Bertz CT molecular complexity index is 187. The number of ether oxygens (including phenoxy) is 2. The molecule has 0 radical (unpaired) electrons. The highest BCUT2D eigenvalue weighted by Gasteiger charge is 2.33. The van der Waals surface area contributed by atoms with E-state index >= 15 is 0 Å². The minimum Gasteiger partial charge on any atom is -0.459 e. The Morgan fingerprint density at radius 3 is 2.73 bits per heavy atom. The third-order valence-corrected chi connectivity index (χ3v) is 1.53. The minimum atomic E-state index is -0.389. The Labute approximate surface area is 64.5 Å². The standard InChI is InChI=1S/C7H10O4/c1-4-6(11-5(2)8)3-7(9)10-4/h4,6H,3H2,1-2H3/t4-,6+/m1/s1. The van der Waals surface area contributed by atoms with E-state index in [1.165, 1.54) is 6.92 Å². The highest BCUT2D eigenvalue weighted by Crippen LogP contribution is 2.17. The fourth-order valence-electron chi connectivity index (χ4n) is 1.01. The summed E-state index contributed by atoms with van der Waals surface area (Å²) in [5.74, 6) is -0.677. The molecule has 0 aliphatic carbocycles. The van der Waals surface area contributed by atoms with Crippen molar-refractivity contribution in [2.45, 2.75) is 32.5 Å². The second-order valence-electron chi connectivity index (χ2n) is 2.55. The molecule has 4 heteroatoms. The maximum atomic E-state index is 10.6. The Hall–Kier alpha value is -1.06. The van der Waals surface area contributed by atoms with Gasteiger partial charge in [0.2, 0.25) is 0 Å². The van der Waals surface area contributed by atoms with E-state index in [1.807, 2.05) is 0 Å². The predicted molar refractivity (Wildman–Crippen MR) is 35.7 cm³/mol. The van der Waals surface area contributed by atoms with Gasteiger partial charge in [-0.3, -0.25) is 9.59 Å². The second kappa shape index (κ2) is 2.90. The van der Waals surface area contributed by atoms with E-state index in [0.29, 0.717) is 0 Å². The van der Waals surface area contributed by atoms with Crippen molar-refractivity contribution in [3.63, 3.8) is 0 Å². The number of carbonyl (C=O) groups excluding carboxylic acids is 2. The smallest absolute Gasteiger partial charge is 0.310 e. The van der Waals surface area contributed by atoms with E-state index in [9.17, 15) is 9.59 Å². The molecule has 0 aromatic rings. The zero-order valence-electron chi connectivity index (χ0n) is 6.49. The number of hydrogen-bond donors (Lipinski definition) is 0. The normalized spacial score (nSPS) is 29.8. The lowest BCUT2D eigenvalue weighted by Crippen LogP contribution is -2.23. The molecule has 0 unspecified atom stereocenters. The summed E-state index contributed by atoms with van der Waals surface area (Å²) in [6.07, 6.45) is -0.507. The van der Waals surface area contributed by atoms with Gasteiger partial charge in [0, 0.05) is 6.92 Å². The van der Waals surface area contributed by atoms with Gasteiger partial charge < -0.3 is 9.47 Å². The molecule has 1 fully saturated rings. The summed E-state index contributed by atoms with van der Waals surface area (Å²) >= 11 is 0. The molecule has 1 saturated heterocycles. The summed E-state index contributed by atoms with van der Waals surface area (Å²) in [4.78, 5) is 21.1. The second-order valence-corrected chi connectivity index (χ2v) is 2.55. The van der Waals surface area contributed by atoms with E-state index in [0.717, 1.165) is 0 Å². The van der Waals surface area contributed by atoms with Gasteiger partial charge in [-0.05, 0) is 6.92 Å². The van der Waals surface area contributed by atoms with Gasteiger partial charge in [-0.15, -0.1) is 0 Å². The first-order valence-electron chi connectivity index (χ1n) is 3.46. The maximum Gasteiger partial charge on any atom is 0.310 e. The van der Waals surface area contributed by atoms with Crippen LogP contribution in [0.3, 0.4) is 0 Å². The molecule has 0 N–H and O–H groups in total. The third kappa shape index (κ3) is 1.93. The van der Waals surface area contributed by atoms with Crippen molar-refractivity contribution in [1.82, 2.24) is 0 Å². The lowest BCUT2D eigenvalue weighted by molar-refractivity contribution is -0.149. The molecule has 2 atom stereocenters. The summed E-state index contributed by atoms with van der Waals surface area (Å²) in [7, 11) is 0. The topological polar surface area (TPSA) is 52.6 Å².